The van der Waals surface area contributed by atoms with Crippen molar-refractivity contribution in [2.24, 2.45) is 0 Å². The Morgan fingerprint density at radius 3 is 2.90 bits per heavy atom. The minimum Gasteiger partial charge on any atom is -0.491 e. The van der Waals surface area contributed by atoms with Crippen LogP contribution < -0.4 is 15.4 Å². The number of ether oxygens (including phenoxy) is 1. The van der Waals surface area contributed by atoms with E-state index in [0.29, 0.717) is 13.0 Å². The Balaban J connectivity index is 1.91. The molecule has 1 aliphatic rings. The van der Waals surface area contributed by atoms with Crippen molar-refractivity contribution in [1.29, 1.82) is 0 Å². The van der Waals surface area contributed by atoms with E-state index in [-0.39, 0.29) is 6.04 Å². The molecule has 2 amide bonds. The summed E-state index contributed by atoms with van der Waals surface area (Å²) in [5.74, 6) is -0.259. The normalized spacial score (nSPS) is 17.5. The lowest BCUT2D eigenvalue weighted by Crippen LogP contribution is -2.47. The number of carbonyl (C=O) groups excluding carboxylic acids is 1. The second kappa shape index (κ2) is 6.97. The molecule has 1 aromatic carbocycles. The van der Waals surface area contributed by atoms with Crippen molar-refractivity contribution >= 4 is 12.0 Å². The van der Waals surface area contributed by atoms with Crippen LogP contribution in [0.25, 0.3) is 0 Å². The van der Waals surface area contributed by atoms with Gasteiger partial charge in [0, 0.05) is 5.56 Å². The summed E-state index contributed by atoms with van der Waals surface area (Å²) >= 11 is 0. The summed E-state index contributed by atoms with van der Waals surface area (Å²) in [7, 11) is 0. The summed E-state index contributed by atoms with van der Waals surface area (Å²) < 4.78 is 5.47. The first kappa shape index (κ1) is 15.2. The number of hydrogen-bond acceptors (Lipinski definition) is 3. The SMILES string of the molecule is CCCC[C@H](NC(=O)NC1COc2ccccc21)C(=O)O. The summed E-state index contributed by atoms with van der Waals surface area (Å²) in [5.41, 5.74) is 0.910. The summed E-state index contributed by atoms with van der Waals surface area (Å²) in [4.78, 5) is 23.1. The van der Waals surface area contributed by atoms with Crippen molar-refractivity contribution in [2.75, 3.05) is 6.61 Å². The number of carboxylic acids is 1. The van der Waals surface area contributed by atoms with Crippen LogP contribution in [0, 0.1) is 0 Å². The molecule has 3 N–H and O–H groups in total. The van der Waals surface area contributed by atoms with Gasteiger partial charge in [-0.3, -0.25) is 0 Å². The average Bonchev–Trinajstić information content (AvgIpc) is 2.86. The molecule has 6 heteroatoms. The molecule has 0 saturated heterocycles. The summed E-state index contributed by atoms with van der Waals surface area (Å²) in [6, 6.07) is 5.89. The zero-order valence-corrected chi connectivity index (χ0v) is 12.0. The van der Waals surface area contributed by atoms with Crippen LogP contribution in [0.15, 0.2) is 24.3 Å². The number of hydrogen-bond donors (Lipinski definition) is 3. The second-order valence-electron chi connectivity index (χ2n) is 5.05. The van der Waals surface area contributed by atoms with Crippen molar-refractivity contribution in [3.63, 3.8) is 0 Å². The molecule has 21 heavy (non-hydrogen) atoms. The molecule has 2 rings (SSSR count). The maximum absolute atomic E-state index is 11.9. The van der Waals surface area contributed by atoms with E-state index in [4.69, 9.17) is 9.84 Å². The average molecular weight is 292 g/mol. The number of aliphatic carboxylic acids is 1. The number of rotatable bonds is 6. The van der Waals surface area contributed by atoms with E-state index in [1.54, 1.807) is 0 Å². The van der Waals surface area contributed by atoms with Gasteiger partial charge in [0.25, 0.3) is 0 Å². The van der Waals surface area contributed by atoms with Crippen LogP contribution in [0.3, 0.4) is 0 Å². The molecule has 0 fully saturated rings. The van der Waals surface area contributed by atoms with Crippen LogP contribution in [0.1, 0.15) is 37.8 Å². The fourth-order valence-corrected chi connectivity index (χ4v) is 2.31. The van der Waals surface area contributed by atoms with Gasteiger partial charge in [-0.2, -0.15) is 0 Å². The van der Waals surface area contributed by atoms with Gasteiger partial charge in [-0.05, 0) is 12.5 Å². The van der Waals surface area contributed by atoms with E-state index in [1.165, 1.54) is 0 Å². The van der Waals surface area contributed by atoms with Gasteiger partial charge < -0.3 is 20.5 Å². The largest absolute Gasteiger partial charge is 0.491 e. The summed E-state index contributed by atoms with van der Waals surface area (Å²) in [6.07, 6.45) is 2.07. The minimum atomic E-state index is -1.01. The molecule has 1 aromatic rings. The van der Waals surface area contributed by atoms with E-state index in [1.807, 2.05) is 31.2 Å². The number of para-hydroxylation sites is 1. The number of urea groups is 1. The number of fused-ring (bicyclic) bond motifs is 1. The first-order valence-corrected chi connectivity index (χ1v) is 7.13. The molecule has 0 aliphatic carbocycles. The molecule has 6 nitrogen and oxygen atoms in total. The first-order chi connectivity index (χ1) is 10.1. The number of amides is 2. The van der Waals surface area contributed by atoms with Crippen molar-refractivity contribution in [3.05, 3.63) is 29.8 Å². The maximum atomic E-state index is 11.9. The molecule has 0 radical (unpaired) electrons. The van der Waals surface area contributed by atoms with Gasteiger partial charge >= 0.3 is 12.0 Å². The third-order valence-electron chi connectivity index (χ3n) is 3.46. The van der Waals surface area contributed by atoms with Crippen molar-refractivity contribution in [1.82, 2.24) is 10.6 Å². The predicted molar refractivity (Wildman–Crippen MR) is 77.3 cm³/mol. The fraction of sp³-hybridized carbons (Fsp3) is 0.467. The molecule has 1 unspecified atom stereocenters. The van der Waals surface area contributed by atoms with Gasteiger partial charge in [0.05, 0.1) is 6.04 Å². The standard InChI is InChI=1S/C15H20N2O4/c1-2-3-7-11(14(18)19)16-15(20)17-12-9-21-13-8-5-4-6-10(12)13/h4-6,8,11-12H,2-3,7,9H2,1H3,(H,18,19)(H2,16,17,20)/t11-,12?/m0/s1. The fourth-order valence-electron chi connectivity index (χ4n) is 2.31. The van der Waals surface area contributed by atoms with Gasteiger partial charge in [0.1, 0.15) is 18.4 Å². The van der Waals surface area contributed by atoms with E-state index in [2.05, 4.69) is 10.6 Å². The third-order valence-corrected chi connectivity index (χ3v) is 3.46. The smallest absolute Gasteiger partial charge is 0.326 e. The van der Waals surface area contributed by atoms with Gasteiger partial charge in [0.2, 0.25) is 0 Å². The monoisotopic (exact) mass is 292 g/mol. The number of benzene rings is 1. The predicted octanol–water partition coefficient (Wildman–Crippen LogP) is 2.06. The number of carbonyl (C=O) groups is 2. The lowest BCUT2D eigenvalue weighted by molar-refractivity contribution is -0.139. The molecule has 0 spiro atoms. The number of nitrogens with one attached hydrogen (secondary N) is 2. The van der Waals surface area contributed by atoms with Crippen molar-refractivity contribution in [3.8, 4) is 5.75 Å². The lowest BCUT2D eigenvalue weighted by Gasteiger charge is -2.17. The Morgan fingerprint density at radius 2 is 2.19 bits per heavy atom. The van der Waals surface area contributed by atoms with Crippen molar-refractivity contribution in [2.45, 2.75) is 38.3 Å². The van der Waals surface area contributed by atoms with Crippen LogP contribution in [0.2, 0.25) is 0 Å². The minimum absolute atomic E-state index is 0.248. The van der Waals surface area contributed by atoms with E-state index >= 15 is 0 Å². The Kier molecular flexibility index (Phi) is 5.03. The second-order valence-corrected chi connectivity index (χ2v) is 5.05. The zero-order valence-electron chi connectivity index (χ0n) is 12.0. The quantitative estimate of drug-likeness (QED) is 0.749. The lowest BCUT2D eigenvalue weighted by atomic mass is 10.1. The van der Waals surface area contributed by atoms with Gasteiger partial charge in [-0.15, -0.1) is 0 Å². The molecule has 1 heterocycles. The number of unbranched alkanes of at least 4 members (excludes halogenated alkanes) is 1. The summed E-state index contributed by atoms with van der Waals surface area (Å²) in [6.45, 7) is 2.34. The first-order valence-electron chi connectivity index (χ1n) is 7.13. The Labute approximate surface area is 123 Å². The molecule has 1 aliphatic heterocycles. The van der Waals surface area contributed by atoms with Crippen LogP contribution >= 0.6 is 0 Å². The zero-order chi connectivity index (χ0) is 15.2. The topological polar surface area (TPSA) is 87.7 Å². The summed E-state index contributed by atoms with van der Waals surface area (Å²) in [5, 5.41) is 14.4. The number of carboxylic acid groups (broad SMARTS) is 1. The van der Waals surface area contributed by atoms with Crippen LogP contribution in [-0.2, 0) is 4.79 Å². The Hall–Kier alpha value is -2.24. The highest BCUT2D eigenvalue weighted by Crippen LogP contribution is 2.31. The molecule has 2 atom stereocenters. The Morgan fingerprint density at radius 1 is 1.43 bits per heavy atom. The van der Waals surface area contributed by atoms with Crippen LogP contribution in [0.5, 0.6) is 5.75 Å². The van der Waals surface area contributed by atoms with Gasteiger partial charge in [-0.1, -0.05) is 38.0 Å². The van der Waals surface area contributed by atoms with Gasteiger partial charge in [0.15, 0.2) is 0 Å². The van der Waals surface area contributed by atoms with E-state index < -0.39 is 18.0 Å². The van der Waals surface area contributed by atoms with E-state index in [9.17, 15) is 9.59 Å². The van der Waals surface area contributed by atoms with Crippen molar-refractivity contribution < 1.29 is 19.4 Å². The molecule has 0 aromatic heterocycles. The molecule has 114 valence electrons. The maximum Gasteiger partial charge on any atom is 0.326 e. The third kappa shape index (κ3) is 3.87. The molecule has 0 bridgehead atoms. The highest BCUT2D eigenvalue weighted by molar-refractivity contribution is 5.82. The van der Waals surface area contributed by atoms with Crippen LogP contribution in [-0.4, -0.2) is 29.8 Å². The molecule has 0 saturated carbocycles. The Bertz CT molecular complexity index is 518. The van der Waals surface area contributed by atoms with Gasteiger partial charge in [-0.25, -0.2) is 9.59 Å². The van der Waals surface area contributed by atoms with E-state index in [0.717, 1.165) is 24.2 Å². The highest BCUT2D eigenvalue weighted by Gasteiger charge is 2.26. The highest BCUT2D eigenvalue weighted by atomic mass is 16.5. The molecular weight excluding hydrogens is 272 g/mol. The molecular formula is C15H20N2O4. The van der Waals surface area contributed by atoms with Crippen LogP contribution in [0.4, 0.5) is 4.79 Å².